The van der Waals surface area contributed by atoms with Crippen molar-refractivity contribution in [3.8, 4) is 0 Å². The van der Waals surface area contributed by atoms with Crippen molar-refractivity contribution >= 4 is 12.0 Å². The number of carbonyl (C=O) groups excluding carboxylic acids is 1. The average Bonchev–Trinajstić information content (AvgIpc) is 2.34. The number of rotatable bonds is 5. The van der Waals surface area contributed by atoms with Crippen LogP contribution in [0.15, 0.2) is 30.3 Å². The van der Waals surface area contributed by atoms with E-state index in [2.05, 4.69) is 5.32 Å². The summed E-state index contributed by atoms with van der Waals surface area (Å²) in [6.45, 7) is 1.41. The van der Waals surface area contributed by atoms with Crippen LogP contribution in [0.2, 0.25) is 0 Å². The lowest BCUT2D eigenvalue weighted by Crippen LogP contribution is -2.31. The molecule has 17 heavy (non-hydrogen) atoms. The number of likely N-dealkylation sites (N-methyl/N-ethyl adjacent to an activating group) is 2. The Morgan fingerprint density at radius 1 is 1.41 bits per heavy atom. The van der Waals surface area contributed by atoms with E-state index in [4.69, 9.17) is 0 Å². The van der Waals surface area contributed by atoms with Gasteiger partial charge in [0.1, 0.15) is 5.82 Å². The van der Waals surface area contributed by atoms with Gasteiger partial charge in [0.15, 0.2) is 0 Å². The number of hydrogen-bond acceptors (Lipinski definition) is 2. The third-order valence-electron chi connectivity index (χ3n) is 2.36. The van der Waals surface area contributed by atoms with Crippen molar-refractivity contribution < 1.29 is 9.18 Å². The van der Waals surface area contributed by atoms with Crippen LogP contribution in [0, 0.1) is 5.82 Å². The fraction of sp³-hybridized carbons (Fsp3) is 0.308. The largest absolute Gasteiger partial charge is 0.341 e. The molecular formula is C13H17FN2O. The number of amides is 1. The minimum absolute atomic E-state index is 0.0652. The van der Waals surface area contributed by atoms with Crippen LogP contribution >= 0.6 is 0 Å². The molecule has 0 unspecified atom stereocenters. The predicted octanol–water partition coefficient (Wildman–Crippen LogP) is 1.52. The second-order valence-electron chi connectivity index (χ2n) is 3.75. The van der Waals surface area contributed by atoms with E-state index in [-0.39, 0.29) is 11.7 Å². The van der Waals surface area contributed by atoms with Crippen LogP contribution in [0.4, 0.5) is 4.39 Å². The fourth-order valence-corrected chi connectivity index (χ4v) is 1.26. The summed E-state index contributed by atoms with van der Waals surface area (Å²) in [6, 6.07) is 6.00. The number of nitrogens with zero attached hydrogens (tertiary/aromatic N) is 1. The Bertz CT molecular complexity index is 387. The molecule has 1 rings (SSSR count). The molecule has 1 amide bonds. The van der Waals surface area contributed by atoms with Crippen molar-refractivity contribution in [2.24, 2.45) is 0 Å². The van der Waals surface area contributed by atoms with Crippen molar-refractivity contribution in [1.29, 1.82) is 0 Å². The van der Waals surface area contributed by atoms with Gasteiger partial charge in [0, 0.05) is 26.2 Å². The first-order valence-corrected chi connectivity index (χ1v) is 5.47. The van der Waals surface area contributed by atoms with Gasteiger partial charge in [-0.25, -0.2) is 4.39 Å². The van der Waals surface area contributed by atoms with Crippen molar-refractivity contribution in [2.45, 2.75) is 0 Å². The lowest BCUT2D eigenvalue weighted by atomic mass is 10.2. The quantitative estimate of drug-likeness (QED) is 0.786. The first kappa shape index (κ1) is 13.4. The first-order chi connectivity index (χ1) is 8.13. The summed E-state index contributed by atoms with van der Waals surface area (Å²) in [5.41, 5.74) is 0.807. The molecule has 0 saturated carbocycles. The minimum atomic E-state index is -0.278. The van der Waals surface area contributed by atoms with E-state index < -0.39 is 0 Å². The zero-order valence-electron chi connectivity index (χ0n) is 10.1. The summed E-state index contributed by atoms with van der Waals surface area (Å²) < 4.78 is 12.6. The summed E-state index contributed by atoms with van der Waals surface area (Å²) in [5, 5.41) is 2.97. The van der Waals surface area contributed by atoms with Gasteiger partial charge < -0.3 is 10.2 Å². The third-order valence-corrected chi connectivity index (χ3v) is 2.36. The molecule has 0 bridgehead atoms. The van der Waals surface area contributed by atoms with Gasteiger partial charge in [-0.15, -0.1) is 0 Å². The van der Waals surface area contributed by atoms with Gasteiger partial charge in [-0.2, -0.15) is 0 Å². The molecule has 1 N–H and O–H groups in total. The number of hydrogen-bond donors (Lipinski definition) is 1. The van der Waals surface area contributed by atoms with Gasteiger partial charge in [-0.1, -0.05) is 12.1 Å². The van der Waals surface area contributed by atoms with Crippen LogP contribution in [0.25, 0.3) is 6.08 Å². The van der Waals surface area contributed by atoms with Crippen LogP contribution in [0.3, 0.4) is 0 Å². The topological polar surface area (TPSA) is 32.3 Å². The van der Waals surface area contributed by atoms with Gasteiger partial charge in [-0.05, 0) is 30.8 Å². The van der Waals surface area contributed by atoms with E-state index in [1.54, 1.807) is 30.2 Å². The normalized spacial score (nSPS) is 10.8. The lowest BCUT2D eigenvalue weighted by molar-refractivity contribution is -0.124. The molecule has 0 aromatic heterocycles. The Morgan fingerprint density at radius 2 is 2.06 bits per heavy atom. The maximum atomic E-state index is 12.6. The van der Waals surface area contributed by atoms with Crippen LogP contribution in [-0.4, -0.2) is 38.0 Å². The van der Waals surface area contributed by atoms with E-state index >= 15 is 0 Å². The second-order valence-corrected chi connectivity index (χ2v) is 3.75. The summed E-state index contributed by atoms with van der Waals surface area (Å²) in [5.74, 6) is -0.343. The smallest absolute Gasteiger partial charge is 0.246 e. The molecule has 1 aromatic carbocycles. The molecule has 0 fully saturated rings. The predicted molar refractivity (Wildman–Crippen MR) is 67.0 cm³/mol. The van der Waals surface area contributed by atoms with Gasteiger partial charge in [0.05, 0.1) is 0 Å². The summed E-state index contributed by atoms with van der Waals surface area (Å²) >= 11 is 0. The minimum Gasteiger partial charge on any atom is -0.341 e. The van der Waals surface area contributed by atoms with E-state index in [1.165, 1.54) is 18.2 Å². The van der Waals surface area contributed by atoms with Gasteiger partial charge >= 0.3 is 0 Å². The Hall–Kier alpha value is -1.68. The second kappa shape index (κ2) is 6.81. The number of nitrogens with one attached hydrogen (secondary N) is 1. The molecule has 0 heterocycles. The maximum Gasteiger partial charge on any atom is 0.246 e. The third kappa shape index (κ3) is 4.78. The number of benzene rings is 1. The monoisotopic (exact) mass is 236 g/mol. The summed E-state index contributed by atoms with van der Waals surface area (Å²) in [6.07, 6.45) is 3.17. The SMILES string of the molecule is CNCCN(C)C(=O)C=Cc1ccc(F)cc1. The van der Waals surface area contributed by atoms with Crippen molar-refractivity contribution in [3.05, 3.63) is 41.7 Å². The molecule has 4 heteroatoms. The molecule has 0 aliphatic heterocycles. The molecule has 92 valence electrons. The summed E-state index contributed by atoms with van der Waals surface area (Å²) in [7, 11) is 3.58. The Labute approximate surface area is 101 Å². The molecule has 0 aliphatic carbocycles. The van der Waals surface area contributed by atoms with E-state index in [1.807, 2.05) is 7.05 Å². The van der Waals surface area contributed by atoms with Crippen LogP contribution in [-0.2, 0) is 4.79 Å². The van der Waals surface area contributed by atoms with E-state index in [0.717, 1.165) is 12.1 Å². The number of carbonyl (C=O) groups is 1. The van der Waals surface area contributed by atoms with Crippen molar-refractivity contribution in [1.82, 2.24) is 10.2 Å². The lowest BCUT2D eigenvalue weighted by Gasteiger charge is -2.14. The van der Waals surface area contributed by atoms with Crippen molar-refractivity contribution in [2.75, 3.05) is 27.2 Å². The Kier molecular flexibility index (Phi) is 5.36. The van der Waals surface area contributed by atoms with Crippen molar-refractivity contribution in [3.63, 3.8) is 0 Å². The highest BCUT2D eigenvalue weighted by Crippen LogP contribution is 2.04. The molecule has 0 saturated heterocycles. The molecule has 0 radical (unpaired) electrons. The highest BCUT2D eigenvalue weighted by Gasteiger charge is 2.02. The average molecular weight is 236 g/mol. The van der Waals surface area contributed by atoms with Gasteiger partial charge in [0.25, 0.3) is 0 Å². The van der Waals surface area contributed by atoms with Gasteiger partial charge in [-0.3, -0.25) is 4.79 Å². The molecule has 0 spiro atoms. The highest BCUT2D eigenvalue weighted by molar-refractivity contribution is 5.91. The molecule has 0 aliphatic rings. The molecule has 3 nitrogen and oxygen atoms in total. The Morgan fingerprint density at radius 3 is 2.65 bits per heavy atom. The van der Waals surface area contributed by atoms with Crippen LogP contribution in [0.1, 0.15) is 5.56 Å². The van der Waals surface area contributed by atoms with E-state index in [9.17, 15) is 9.18 Å². The van der Waals surface area contributed by atoms with Gasteiger partial charge in [0.2, 0.25) is 5.91 Å². The zero-order chi connectivity index (χ0) is 12.7. The van der Waals surface area contributed by atoms with E-state index in [0.29, 0.717) is 6.54 Å². The number of halogens is 1. The van der Waals surface area contributed by atoms with Crippen LogP contribution < -0.4 is 5.32 Å². The maximum absolute atomic E-state index is 12.6. The molecule has 1 aromatic rings. The first-order valence-electron chi connectivity index (χ1n) is 5.47. The highest BCUT2D eigenvalue weighted by atomic mass is 19.1. The Balaban J connectivity index is 2.52. The fourth-order valence-electron chi connectivity index (χ4n) is 1.26. The molecule has 0 atom stereocenters. The van der Waals surface area contributed by atoms with Crippen LogP contribution in [0.5, 0.6) is 0 Å². The standard InChI is InChI=1S/C13H17FN2O/c1-15-9-10-16(2)13(17)8-5-11-3-6-12(14)7-4-11/h3-8,15H,9-10H2,1-2H3. The summed E-state index contributed by atoms with van der Waals surface area (Å²) in [4.78, 5) is 13.2. The molecular weight excluding hydrogens is 219 g/mol. The zero-order valence-corrected chi connectivity index (χ0v) is 10.1.